The van der Waals surface area contributed by atoms with E-state index in [0.717, 1.165) is 97.3 Å². The zero-order valence-corrected chi connectivity index (χ0v) is 52.1. The molecule has 3 N–H and O–H groups in total. The summed E-state index contributed by atoms with van der Waals surface area (Å²) in [6.07, 6.45) is 9.20. The van der Waals surface area contributed by atoms with Crippen molar-refractivity contribution in [1.82, 2.24) is 54.5 Å². The van der Waals surface area contributed by atoms with E-state index in [1.807, 2.05) is 41.5 Å². The van der Waals surface area contributed by atoms with Crippen LogP contribution in [0.15, 0.2) is 30.9 Å². The van der Waals surface area contributed by atoms with Crippen molar-refractivity contribution in [2.45, 2.75) is 136 Å². The first-order valence-electron chi connectivity index (χ1n) is 29.5. The van der Waals surface area contributed by atoms with Gasteiger partial charge in [-0.1, -0.05) is 0 Å². The maximum Gasteiger partial charge on any atom is 0.410 e. The van der Waals surface area contributed by atoms with Gasteiger partial charge in [-0.3, -0.25) is 19.5 Å². The number of rotatable bonds is 10. The minimum absolute atomic E-state index is 0. The summed E-state index contributed by atoms with van der Waals surface area (Å²) in [5.74, 6) is 1.44. The zero-order chi connectivity index (χ0) is 60.7. The first-order valence-corrected chi connectivity index (χ1v) is 29.5. The summed E-state index contributed by atoms with van der Waals surface area (Å²) in [5.41, 5.74) is -3.49. The molecule has 84 heavy (non-hydrogen) atoms. The van der Waals surface area contributed by atoms with E-state index in [1.54, 1.807) is 58.1 Å². The van der Waals surface area contributed by atoms with Gasteiger partial charge in [0.1, 0.15) is 51.7 Å². The third-order valence-electron chi connectivity index (χ3n) is 15.6. The molecule has 0 aliphatic carbocycles. The fraction of sp³-hybridized carbons (Fsp3) is 0.746. The summed E-state index contributed by atoms with van der Waals surface area (Å²) < 4.78 is 79.8. The number of aryl methyl sites for hydroxylation is 1. The summed E-state index contributed by atoms with van der Waals surface area (Å²) in [6.45, 7) is 34.4. The number of halogens is 6. The van der Waals surface area contributed by atoms with Gasteiger partial charge in [-0.2, -0.15) is 0 Å². The molecule has 8 fully saturated rings. The standard InChI is InChI=1S/C22H25F2N7O.C14H25FN2O2.C9H17FN2.C9H15NO3.C5H10FN.ClH/c1-14-8-31-12-16(5-17(23)20(31)27-14)28-21(32)18-6-26-19(7-25-18)30-10-15(11-30)9-29-4-3-22(2,24)13-29;1-13(2,3)19-12(18)17-8-11(9-17)7-16-6-5-14(4,15)10-16;1-9(10)2-3-12(7-9)6-8-4-11-5-8;1-9(2,3)13-8(12)10-4-7(5-10)6-11;1-5(6)2-3-7-4-5;/h5-8,12,15H,3-4,9-11,13H2,1-2H3,(H,28,32);11H,5-10H2,1-4H3;8,11H,2-7H2,1H3;6-7H,4-5H2,1-3H3;7H,2-4H2,1H3;1H/t22-;14-;9-;;5-;/m111.1./s1. The van der Waals surface area contributed by atoms with E-state index < -0.39 is 45.6 Å². The maximum atomic E-state index is 14.2. The average Bonchev–Trinajstić information content (AvgIpc) is 4.24. The van der Waals surface area contributed by atoms with Crippen molar-refractivity contribution in [2.24, 2.45) is 23.7 Å². The molecule has 0 radical (unpaired) electrons. The van der Waals surface area contributed by atoms with Crippen LogP contribution in [0.2, 0.25) is 0 Å². The Morgan fingerprint density at radius 1 is 0.690 bits per heavy atom. The number of nitrogens with zero attached hydrogens (tertiary/aromatic N) is 10. The molecule has 4 atom stereocenters. The summed E-state index contributed by atoms with van der Waals surface area (Å²) in [5, 5.41) is 8.82. The topological polar surface area (TPSA) is 185 Å². The molecular formula is C59H93ClF5N13O6. The van der Waals surface area contributed by atoms with Crippen molar-refractivity contribution in [3.05, 3.63) is 48.1 Å². The van der Waals surface area contributed by atoms with E-state index in [1.165, 1.54) is 21.6 Å². The maximum absolute atomic E-state index is 14.2. The summed E-state index contributed by atoms with van der Waals surface area (Å²) in [4.78, 5) is 70.5. The normalized spacial score (nSPS) is 26.7. The molecule has 8 aliphatic rings. The number of hydrogen-bond donors (Lipinski definition) is 3. The Bertz CT molecular complexity index is 2640. The van der Waals surface area contributed by atoms with Gasteiger partial charge in [0.15, 0.2) is 11.5 Å². The van der Waals surface area contributed by atoms with Crippen LogP contribution in [0.5, 0.6) is 0 Å². The van der Waals surface area contributed by atoms with Gasteiger partial charge < -0.3 is 49.3 Å². The molecule has 0 spiro atoms. The molecule has 3 aromatic heterocycles. The van der Waals surface area contributed by atoms with Crippen LogP contribution in [0.3, 0.4) is 0 Å². The molecule has 8 saturated heterocycles. The summed E-state index contributed by atoms with van der Waals surface area (Å²) in [6, 6.07) is 1.23. The molecule has 3 aromatic rings. The lowest BCUT2D eigenvalue weighted by molar-refractivity contribution is -0.115. The number of aromatic nitrogens is 4. The first-order chi connectivity index (χ1) is 38.7. The van der Waals surface area contributed by atoms with Gasteiger partial charge in [-0.25, -0.2) is 46.5 Å². The van der Waals surface area contributed by atoms with E-state index >= 15 is 0 Å². The van der Waals surface area contributed by atoms with Crippen molar-refractivity contribution in [3.63, 3.8) is 0 Å². The van der Waals surface area contributed by atoms with Gasteiger partial charge >= 0.3 is 12.2 Å². The predicted molar refractivity (Wildman–Crippen MR) is 317 cm³/mol. The lowest BCUT2D eigenvalue weighted by Gasteiger charge is -2.41. The van der Waals surface area contributed by atoms with Gasteiger partial charge in [0.05, 0.1) is 29.7 Å². The lowest BCUT2D eigenvalue weighted by atomic mass is 9.99. The molecule has 8 aliphatic heterocycles. The second kappa shape index (κ2) is 28.2. The highest BCUT2D eigenvalue weighted by atomic mass is 35.5. The molecule has 0 aromatic carbocycles. The molecule has 472 valence electrons. The number of likely N-dealkylation sites (tertiary alicyclic amines) is 5. The number of aldehydes is 1. The molecule has 19 nitrogen and oxygen atoms in total. The summed E-state index contributed by atoms with van der Waals surface area (Å²) in [7, 11) is 0. The third kappa shape index (κ3) is 21.1. The second-order valence-electron chi connectivity index (χ2n) is 27.3. The molecule has 3 amide bonds. The Labute approximate surface area is 499 Å². The number of nitrogens with one attached hydrogen (secondary N) is 3. The average molecular weight is 1210 g/mol. The van der Waals surface area contributed by atoms with Crippen molar-refractivity contribution < 1.29 is 50.6 Å². The number of pyridine rings is 1. The van der Waals surface area contributed by atoms with Crippen LogP contribution in [0.1, 0.15) is 111 Å². The second-order valence-corrected chi connectivity index (χ2v) is 27.3. The minimum atomic E-state index is -1.07. The van der Waals surface area contributed by atoms with Crippen molar-refractivity contribution in [1.29, 1.82) is 0 Å². The van der Waals surface area contributed by atoms with Gasteiger partial charge in [0, 0.05) is 148 Å². The zero-order valence-electron chi connectivity index (χ0n) is 51.3. The van der Waals surface area contributed by atoms with Crippen LogP contribution < -0.4 is 20.9 Å². The monoisotopic (exact) mass is 1210 g/mol. The Morgan fingerprint density at radius 2 is 1.19 bits per heavy atom. The lowest BCUT2D eigenvalue weighted by Crippen LogP contribution is -2.54. The van der Waals surface area contributed by atoms with Gasteiger partial charge in [0.2, 0.25) is 0 Å². The van der Waals surface area contributed by atoms with Crippen molar-refractivity contribution >= 4 is 53.9 Å². The molecule has 0 saturated carbocycles. The SMILES string of the molecule is CC(C)(C)OC(=O)N1CC(C=O)C1.CC(C)(C)OC(=O)N1CC(CN2CC[C@@](C)(F)C2)C1.C[C@@]1(F)CCN(CC2CNC2)C1.C[C@@]1(F)CCNC1.Cc1cn2cc(NC(=O)c3cnc(N4CC(CN5CC[C@@](C)(F)C5)C4)cn3)cc(F)c2n1.Cl. The van der Waals surface area contributed by atoms with Crippen molar-refractivity contribution in [3.8, 4) is 0 Å². The number of carbonyl (C=O) groups excluding carboxylic acids is 4. The van der Waals surface area contributed by atoms with Crippen LogP contribution in [0.4, 0.5) is 43.0 Å². The van der Waals surface area contributed by atoms with E-state index in [2.05, 4.69) is 50.5 Å². The first kappa shape index (κ1) is 68.1. The molecule has 0 unspecified atom stereocenters. The minimum Gasteiger partial charge on any atom is -0.444 e. The Hall–Kier alpha value is -5.01. The van der Waals surface area contributed by atoms with Crippen LogP contribution >= 0.6 is 12.4 Å². The third-order valence-corrected chi connectivity index (χ3v) is 15.6. The number of carbonyl (C=O) groups is 4. The predicted octanol–water partition coefficient (Wildman–Crippen LogP) is 7.80. The number of imidazole rings is 1. The van der Waals surface area contributed by atoms with E-state index in [4.69, 9.17) is 9.47 Å². The van der Waals surface area contributed by atoms with E-state index in [9.17, 15) is 41.1 Å². The van der Waals surface area contributed by atoms with Crippen LogP contribution in [0, 0.1) is 36.4 Å². The van der Waals surface area contributed by atoms with Crippen LogP contribution in [-0.2, 0) is 14.3 Å². The Kier molecular flexibility index (Phi) is 22.9. The largest absolute Gasteiger partial charge is 0.444 e. The number of hydrogen-bond acceptors (Lipinski definition) is 15. The van der Waals surface area contributed by atoms with E-state index in [0.29, 0.717) is 94.0 Å². The highest BCUT2D eigenvalue weighted by molar-refractivity contribution is 6.02. The fourth-order valence-electron chi connectivity index (χ4n) is 11.0. The highest BCUT2D eigenvalue weighted by Gasteiger charge is 2.41. The number of fused-ring (bicyclic) bond motifs is 1. The van der Waals surface area contributed by atoms with E-state index in [-0.39, 0.29) is 41.9 Å². The van der Waals surface area contributed by atoms with Gasteiger partial charge in [-0.05, 0) is 114 Å². The molecule has 11 rings (SSSR count). The van der Waals surface area contributed by atoms with Gasteiger partial charge in [-0.15, -0.1) is 12.4 Å². The van der Waals surface area contributed by atoms with Crippen molar-refractivity contribution in [2.75, 3.05) is 135 Å². The Morgan fingerprint density at radius 3 is 1.58 bits per heavy atom. The fourth-order valence-corrected chi connectivity index (χ4v) is 11.0. The smallest absolute Gasteiger partial charge is 0.410 e. The van der Waals surface area contributed by atoms with Gasteiger partial charge in [0.25, 0.3) is 5.91 Å². The highest BCUT2D eigenvalue weighted by Crippen LogP contribution is 2.31. The molecule has 0 bridgehead atoms. The Balaban J connectivity index is 0.000000185. The number of anilines is 2. The number of alkyl halides is 4. The molecular weight excluding hydrogens is 1120 g/mol. The number of ether oxygens (including phenoxy) is 2. The quantitative estimate of drug-likeness (QED) is 0.132. The molecule has 11 heterocycles. The summed E-state index contributed by atoms with van der Waals surface area (Å²) >= 11 is 0. The number of amides is 3. The molecule has 25 heteroatoms. The van der Waals surface area contributed by atoms with Crippen LogP contribution in [-0.4, -0.2) is 226 Å². The van der Waals surface area contributed by atoms with Crippen LogP contribution in [0.25, 0.3) is 5.65 Å².